The molecule has 0 fully saturated rings. The van der Waals surface area contributed by atoms with E-state index in [1.165, 1.54) is 24.5 Å². The van der Waals surface area contributed by atoms with E-state index in [4.69, 9.17) is 4.74 Å². The minimum Gasteiger partial charge on any atom is -0.489 e. The minimum absolute atomic E-state index is 0.0287. The maximum atomic E-state index is 13.5. The van der Waals surface area contributed by atoms with Gasteiger partial charge in [-0.1, -0.05) is 0 Å². The molecule has 0 saturated carbocycles. The van der Waals surface area contributed by atoms with Crippen LogP contribution in [-0.4, -0.2) is 28.1 Å². The topological polar surface area (TPSA) is 59.9 Å². The van der Waals surface area contributed by atoms with Crippen LogP contribution in [-0.2, 0) is 6.18 Å². The van der Waals surface area contributed by atoms with Crippen LogP contribution in [0.3, 0.4) is 0 Å². The molecule has 3 rings (SSSR count). The Kier molecular flexibility index (Phi) is 5.67. The minimum atomic E-state index is -4.66. The summed E-state index contributed by atoms with van der Waals surface area (Å²) in [7, 11) is 0. The zero-order valence-corrected chi connectivity index (χ0v) is 14.2. The van der Waals surface area contributed by atoms with Crippen molar-refractivity contribution in [1.29, 1.82) is 0 Å². The van der Waals surface area contributed by atoms with Gasteiger partial charge in [-0.05, 0) is 24.3 Å². The molecule has 0 bridgehead atoms. The normalized spacial score (nSPS) is 11.3. The maximum Gasteiger partial charge on any atom is 0.433 e. The molecule has 2 heterocycles. The summed E-state index contributed by atoms with van der Waals surface area (Å²) in [6.45, 7) is -0.0561. The highest BCUT2D eigenvalue weighted by Gasteiger charge is 2.33. The lowest BCUT2D eigenvalue weighted by atomic mass is 10.2. The standard InChI is InChI=1S/C18H13F5N4O/c19-12-1-2-14(13(20)9-12)28-8-7-25-16-10-15(18(21,22)23)26-17(27-16)11-3-5-24-6-4-11/h1-6,9-10H,7-8H2,(H,25,26,27). The van der Waals surface area contributed by atoms with E-state index in [2.05, 4.69) is 20.3 Å². The van der Waals surface area contributed by atoms with E-state index in [9.17, 15) is 22.0 Å². The van der Waals surface area contributed by atoms with Crippen molar-refractivity contribution >= 4 is 5.82 Å². The Hall–Kier alpha value is -3.30. The molecule has 10 heteroatoms. The number of aromatic nitrogens is 3. The SMILES string of the molecule is Fc1ccc(OCCNc2cc(C(F)(F)F)nc(-c3ccncc3)n2)c(F)c1. The lowest BCUT2D eigenvalue weighted by molar-refractivity contribution is -0.141. The molecule has 3 aromatic rings. The third-order valence-electron chi connectivity index (χ3n) is 3.51. The highest BCUT2D eigenvalue weighted by molar-refractivity contribution is 5.57. The van der Waals surface area contributed by atoms with Crippen LogP contribution >= 0.6 is 0 Å². The van der Waals surface area contributed by atoms with Gasteiger partial charge >= 0.3 is 6.18 Å². The van der Waals surface area contributed by atoms with Crippen molar-refractivity contribution in [2.45, 2.75) is 6.18 Å². The number of halogens is 5. The highest BCUT2D eigenvalue weighted by atomic mass is 19.4. The van der Waals surface area contributed by atoms with Gasteiger partial charge in [0.1, 0.15) is 18.2 Å². The summed E-state index contributed by atoms with van der Waals surface area (Å²) in [5, 5.41) is 2.68. The van der Waals surface area contributed by atoms with Crippen LogP contribution < -0.4 is 10.1 Å². The van der Waals surface area contributed by atoms with Crippen LogP contribution in [0.25, 0.3) is 11.4 Å². The van der Waals surface area contributed by atoms with Gasteiger partial charge in [-0.2, -0.15) is 13.2 Å². The van der Waals surface area contributed by atoms with E-state index in [1.807, 2.05) is 0 Å². The number of benzene rings is 1. The van der Waals surface area contributed by atoms with Gasteiger partial charge in [-0.3, -0.25) is 4.98 Å². The average Bonchev–Trinajstić information content (AvgIpc) is 2.66. The molecule has 0 atom stereocenters. The van der Waals surface area contributed by atoms with Crippen molar-refractivity contribution in [3.63, 3.8) is 0 Å². The van der Waals surface area contributed by atoms with E-state index in [1.54, 1.807) is 0 Å². The third kappa shape index (κ3) is 4.90. The summed E-state index contributed by atoms with van der Waals surface area (Å²) in [6.07, 6.45) is -1.83. The fourth-order valence-electron chi connectivity index (χ4n) is 2.25. The van der Waals surface area contributed by atoms with E-state index in [0.29, 0.717) is 11.6 Å². The molecule has 0 spiro atoms. The van der Waals surface area contributed by atoms with Crippen LogP contribution in [0.4, 0.5) is 27.8 Å². The van der Waals surface area contributed by atoms with Crippen molar-refractivity contribution in [2.75, 3.05) is 18.5 Å². The number of pyridine rings is 1. The molecule has 0 aliphatic rings. The summed E-state index contributed by atoms with van der Waals surface area (Å²) in [6, 6.07) is 6.57. The quantitative estimate of drug-likeness (QED) is 0.497. The Bertz CT molecular complexity index is 950. The van der Waals surface area contributed by atoms with Crippen molar-refractivity contribution in [3.05, 3.63) is 66.1 Å². The predicted molar refractivity (Wildman–Crippen MR) is 90.6 cm³/mol. The molecule has 5 nitrogen and oxygen atoms in total. The molecule has 1 aromatic carbocycles. The summed E-state index contributed by atoms with van der Waals surface area (Å²) >= 11 is 0. The van der Waals surface area contributed by atoms with Crippen LogP contribution in [0.15, 0.2) is 48.8 Å². The molecule has 0 amide bonds. The third-order valence-corrected chi connectivity index (χ3v) is 3.51. The molecule has 0 unspecified atom stereocenters. The Morgan fingerprint density at radius 2 is 1.71 bits per heavy atom. The van der Waals surface area contributed by atoms with Gasteiger partial charge in [0.25, 0.3) is 0 Å². The second-order valence-corrected chi connectivity index (χ2v) is 5.55. The van der Waals surface area contributed by atoms with E-state index in [0.717, 1.165) is 18.2 Å². The lowest BCUT2D eigenvalue weighted by Crippen LogP contribution is -2.16. The zero-order chi connectivity index (χ0) is 20.1. The summed E-state index contributed by atoms with van der Waals surface area (Å²) < 4.78 is 70.9. The van der Waals surface area contributed by atoms with Crippen molar-refractivity contribution in [3.8, 4) is 17.1 Å². The molecule has 146 valence electrons. The molecule has 0 radical (unpaired) electrons. The number of nitrogens with zero attached hydrogens (tertiary/aromatic N) is 3. The monoisotopic (exact) mass is 396 g/mol. The number of alkyl halides is 3. The van der Waals surface area contributed by atoms with Crippen LogP contribution in [0.5, 0.6) is 5.75 Å². The maximum absolute atomic E-state index is 13.5. The Morgan fingerprint density at radius 3 is 2.39 bits per heavy atom. The van der Waals surface area contributed by atoms with Crippen molar-refractivity contribution in [2.24, 2.45) is 0 Å². The van der Waals surface area contributed by atoms with Gasteiger partial charge in [0.2, 0.25) is 0 Å². The number of hydrogen-bond acceptors (Lipinski definition) is 5. The Labute approximate surface area is 156 Å². The van der Waals surface area contributed by atoms with Gasteiger partial charge in [0.05, 0.1) is 6.54 Å². The molecule has 1 N–H and O–H groups in total. The number of anilines is 1. The van der Waals surface area contributed by atoms with Crippen molar-refractivity contribution in [1.82, 2.24) is 15.0 Å². The molecule has 0 aliphatic heterocycles. The predicted octanol–water partition coefficient (Wildman–Crippen LogP) is 4.33. The molecule has 2 aromatic heterocycles. The first-order valence-corrected chi connectivity index (χ1v) is 8.01. The van der Waals surface area contributed by atoms with Crippen LogP contribution in [0.2, 0.25) is 0 Å². The summed E-state index contributed by atoms with van der Waals surface area (Å²) in [5.41, 5.74) is -0.740. The first-order chi connectivity index (χ1) is 13.3. The van der Waals surface area contributed by atoms with E-state index < -0.39 is 23.5 Å². The van der Waals surface area contributed by atoms with E-state index >= 15 is 0 Å². The van der Waals surface area contributed by atoms with Gasteiger partial charge in [-0.15, -0.1) is 0 Å². The highest BCUT2D eigenvalue weighted by Crippen LogP contribution is 2.30. The van der Waals surface area contributed by atoms with Crippen LogP contribution in [0.1, 0.15) is 5.69 Å². The zero-order valence-electron chi connectivity index (χ0n) is 14.2. The average molecular weight is 396 g/mol. The summed E-state index contributed by atoms with van der Waals surface area (Å²) in [5.74, 6) is -1.98. The smallest absolute Gasteiger partial charge is 0.433 e. The van der Waals surface area contributed by atoms with Gasteiger partial charge < -0.3 is 10.1 Å². The lowest BCUT2D eigenvalue weighted by Gasteiger charge is -2.12. The number of ether oxygens (including phenoxy) is 1. The first-order valence-electron chi connectivity index (χ1n) is 8.01. The second-order valence-electron chi connectivity index (χ2n) is 5.55. The van der Waals surface area contributed by atoms with Crippen molar-refractivity contribution < 1.29 is 26.7 Å². The molecular formula is C18H13F5N4O. The fourth-order valence-corrected chi connectivity index (χ4v) is 2.25. The molecule has 0 saturated heterocycles. The fraction of sp³-hybridized carbons (Fsp3) is 0.167. The second kappa shape index (κ2) is 8.15. The molecular weight excluding hydrogens is 383 g/mol. The van der Waals surface area contributed by atoms with Gasteiger partial charge in [-0.25, -0.2) is 18.7 Å². The molecule has 0 aliphatic carbocycles. The Morgan fingerprint density at radius 1 is 0.964 bits per heavy atom. The van der Waals surface area contributed by atoms with Gasteiger partial charge in [0, 0.05) is 30.1 Å². The number of hydrogen-bond donors (Lipinski definition) is 1. The number of rotatable bonds is 6. The Balaban J connectivity index is 1.72. The first kappa shape index (κ1) is 19.5. The van der Waals surface area contributed by atoms with Gasteiger partial charge in [0.15, 0.2) is 23.1 Å². The largest absolute Gasteiger partial charge is 0.489 e. The summed E-state index contributed by atoms with van der Waals surface area (Å²) in [4.78, 5) is 11.4. The van der Waals surface area contributed by atoms with E-state index in [-0.39, 0.29) is 30.5 Å². The molecule has 28 heavy (non-hydrogen) atoms. The van der Waals surface area contributed by atoms with Crippen LogP contribution in [0, 0.1) is 11.6 Å². The number of nitrogens with one attached hydrogen (secondary N) is 1.